The Balaban J connectivity index is -0.000000360. The zero-order valence-corrected chi connectivity index (χ0v) is 14.3. The second-order valence-corrected chi connectivity index (χ2v) is 4.35. The van der Waals surface area contributed by atoms with E-state index in [9.17, 15) is 0 Å². The smallest absolute Gasteiger partial charge is 0.358 e. The molecule has 0 aromatic carbocycles. The summed E-state index contributed by atoms with van der Waals surface area (Å²) in [4.78, 5) is 0. The van der Waals surface area contributed by atoms with Gasteiger partial charge in [0.25, 0.3) is 0 Å². The Morgan fingerprint density at radius 1 is 1.20 bits per heavy atom. The van der Waals surface area contributed by atoms with E-state index in [1.165, 1.54) is 42.0 Å². The minimum atomic E-state index is 0. The third-order valence-corrected chi connectivity index (χ3v) is 3.66. The van der Waals surface area contributed by atoms with Gasteiger partial charge in [-0.05, 0) is 6.42 Å². The molecular weight excluding hydrogens is 232 g/mol. The van der Waals surface area contributed by atoms with Crippen molar-refractivity contribution in [1.82, 2.24) is 0 Å². The predicted molar refractivity (Wildman–Crippen MR) is 70.8 cm³/mol. The van der Waals surface area contributed by atoms with E-state index in [-0.39, 0.29) is 44.0 Å². The van der Waals surface area contributed by atoms with Crippen LogP contribution >= 0.6 is 0 Å². The number of allylic oxidation sites excluding steroid dienone is 4. The van der Waals surface area contributed by atoms with E-state index in [1.54, 1.807) is 11.1 Å². The molecule has 1 atom stereocenters. The first-order chi connectivity index (χ1) is 5.42. The molecule has 0 saturated carbocycles. The van der Waals surface area contributed by atoms with Crippen LogP contribution in [0.2, 0.25) is 6.04 Å². The van der Waals surface area contributed by atoms with Crippen molar-refractivity contribution >= 4 is 10.2 Å². The van der Waals surface area contributed by atoms with E-state index in [1.807, 2.05) is 0 Å². The molecule has 0 radical (unpaired) electrons. The minimum Gasteiger partial charge on any atom is -0.358 e. The maximum atomic E-state index is 3.48. The fourth-order valence-electron chi connectivity index (χ4n) is 2.18. The Hall–Kier alpha value is 0.411. The zero-order valence-electron chi connectivity index (χ0n) is 10.7. The average molecular weight is 256 g/mol. The second kappa shape index (κ2) is 9.62. The summed E-state index contributed by atoms with van der Waals surface area (Å²) in [7, 11) is 1.33. The first-order valence-electron chi connectivity index (χ1n) is 4.73. The topological polar surface area (TPSA) is 0 Å². The fraction of sp³-hybridized carbons (Fsp3) is 0.462. The maximum Gasteiger partial charge on any atom is 4.00 e. The van der Waals surface area contributed by atoms with Gasteiger partial charge in [0.1, 0.15) is 0 Å². The van der Waals surface area contributed by atoms with Gasteiger partial charge in [-0.3, -0.25) is 6.08 Å². The van der Waals surface area contributed by atoms with Crippen molar-refractivity contribution in [2.45, 2.75) is 31.7 Å². The number of hydrogen-bond acceptors (Lipinski definition) is 0. The molecular formula is C13H24SiTi. The SMILES string of the molecule is [CH3-].[CH3-].[CH3-].[SiH3]CC1[C-]=CC2=C1CCCC2.[Ti+4]. The fourth-order valence-corrected chi connectivity index (χ4v) is 2.91. The van der Waals surface area contributed by atoms with Crippen LogP contribution < -0.4 is 0 Å². The Labute approximate surface area is 115 Å². The molecule has 0 nitrogen and oxygen atoms in total. The third kappa shape index (κ3) is 4.42. The predicted octanol–water partition coefficient (Wildman–Crippen LogP) is 2.98. The molecule has 2 aliphatic carbocycles. The van der Waals surface area contributed by atoms with Crippen LogP contribution in [0.25, 0.3) is 0 Å². The number of rotatable bonds is 1. The van der Waals surface area contributed by atoms with E-state index in [2.05, 4.69) is 12.2 Å². The van der Waals surface area contributed by atoms with Gasteiger partial charge in [0, 0.05) is 10.2 Å². The van der Waals surface area contributed by atoms with Crippen LogP contribution in [-0.4, -0.2) is 10.2 Å². The molecule has 0 aromatic heterocycles. The van der Waals surface area contributed by atoms with Gasteiger partial charge in [-0.2, -0.15) is 11.1 Å². The summed E-state index contributed by atoms with van der Waals surface area (Å²) in [6, 6.07) is 1.38. The van der Waals surface area contributed by atoms with Crippen molar-refractivity contribution in [3.63, 3.8) is 0 Å². The molecule has 0 heterocycles. The molecule has 0 fully saturated rings. The van der Waals surface area contributed by atoms with Crippen molar-refractivity contribution < 1.29 is 21.7 Å². The van der Waals surface area contributed by atoms with Crippen molar-refractivity contribution in [1.29, 1.82) is 0 Å². The standard InChI is InChI=1S/C10H15Si.3CH3.Ti/c11-7-9-6-5-8-3-1-2-4-10(8)9;;;;/h5,9H,1-4,7H2,11H3;3*1H3;/q4*-1;+4. The van der Waals surface area contributed by atoms with Gasteiger partial charge >= 0.3 is 21.7 Å². The molecule has 15 heavy (non-hydrogen) atoms. The van der Waals surface area contributed by atoms with Crippen LogP contribution in [0.3, 0.4) is 0 Å². The Kier molecular flexibility index (Phi) is 13.3. The van der Waals surface area contributed by atoms with Gasteiger partial charge in [-0.1, -0.05) is 31.2 Å². The van der Waals surface area contributed by atoms with Crippen LogP contribution in [0.1, 0.15) is 25.7 Å². The molecule has 2 aliphatic rings. The summed E-state index contributed by atoms with van der Waals surface area (Å²) in [5.41, 5.74) is 3.38. The summed E-state index contributed by atoms with van der Waals surface area (Å²) in [6.07, 6.45) is 11.3. The second-order valence-electron chi connectivity index (χ2n) is 3.53. The summed E-state index contributed by atoms with van der Waals surface area (Å²) in [5.74, 6) is 0.747. The van der Waals surface area contributed by atoms with Crippen LogP contribution in [0.15, 0.2) is 17.2 Å². The van der Waals surface area contributed by atoms with E-state index in [4.69, 9.17) is 0 Å². The van der Waals surface area contributed by atoms with Gasteiger partial charge < -0.3 is 22.3 Å². The molecule has 0 amide bonds. The molecule has 0 N–H and O–H groups in total. The summed E-state index contributed by atoms with van der Waals surface area (Å²) >= 11 is 0. The molecule has 2 rings (SSSR count). The summed E-state index contributed by atoms with van der Waals surface area (Å²) in [6.45, 7) is 0. The van der Waals surface area contributed by atoms with Crippen molar-refractivity contribution in [3.05, 3.63) is 45.6 Å². The molecule has 0 spiro atoms. The molecule has 1 unspecified atom stereocenters. The first kappa shape index (κ1) is 20.8. The third-order valence-electron chi connectivity index (χ3n) is 2.84. The maximum absolute atomic E-state index is 3.48. The number of hydrogen-bond donors (Lipinski definition) is 0. The minimum absolute atomic E-state index is 0. The first-order valence-corrected chi connectivity index (χ1v) is 6.14. The molecule has 0 aromatic rings. The average Bonchev–Trinajstić information content (AvgIpc) is 2.47. The van der Waals surface area contributed by atoms with Gasteiger partial charge in [0.2, 0.25) is 0 Å². The Morgan fingerprint density at radius 3 is 2.40 bits per heavy atom. The van der Waals surface area contributed by atoms with E-state index < -0.39 is 0 Å². The molecule has 0 aliphatic heterocycles. The van der Waals surface area contributed by atoms with Crippen molar-refractivity contribution in [2.75, 3.05) is 0 Å². The zero-order chi connectivity index (χ0) is 7.68. The van der Waals surface area contributed by atoms with Crippen LogP contribution in [0.5, 0.6) is 0 Å². The van der Waals surface area contributed by atoms with Gasteiger partial charge in [0.15, 0.2) is 0 Å². The van der Waals surface area contributed by atoms with E-state index in [0.717, 1.165) is 5.92 Å². The molecule has 84 valence electrons. The molecule has 0 bridgehead atoms. The van der Waals surface area contributed by atoms with Crippen LogP contribution in [0.4, 0.5) is 0 Å². The van der Waals surface area contributed by atoms with Gasteiger partial charge in [0.05, 0.1) is 0 Å². The van der Waals surface area contributed by atoms with Gasteiger partial charge in [-0.25, -0.2) is 6.08 Å². The van der Waals surface area contributed by atoms with E-state index in [0.29, 0.717) is 0 Å². The molecule has 2 heteroatoms. The summed E-state index contributed by atoms with van der Waals surface area (Å²) in [5, 5.41) is 0. The normalized spacial score (nSPS) is 21.7. The Morgan fingerprint density at radius 2 is 1.80 bits per heavy atom. The quantitative estimate of drug-likeness (QED) is 0.500. The van der Waals surface area contributed by atoms with E-state index >= 15 is 0 Å². The van der Waals surface area contributed by atoms with Crippen molar-refractivity contribution in [3.8, 4) is 0 Å². The summed E-state index contributed by atoms with van der Waals surface area (Å²) < 4.78 is 0. The van der Waals surface area contributed by atoms with Crippen LogP contribution in [-0.2, 0) is 21.7 Å². The monoisotopic (exact) mass is 256 g/mol. The Bertz CT molecular complexity index is 219. The van der Waals surface area contributed by atoms with Gasteiger partial charge in [-0.15, -0.1) is 0 Å². The largest absolute Gasteiger partial charge is 4.00 e. The van der Waals surface area contributed by atoms with Crippen LogP contribution in [0, 0.1) is 34.3 Å². The van der Waals surface area contributed by atoms with Crippen molar-refractivity contribution in [2.24, 2.45) is 5.92 Å². The molecule has 0 saturated heterocycles.